The monoisotopic (exact) mass is 464 g/mol. The van der Waals surface area contributed by atoms with Crippen LogP contribution in [0.5, 0.6) is 5.75 Å². The number of ether oxygens (including phenoxy) is 1. The highest BCUT2D eigenvalue weighted by Crippen LogP contribution is 2.27. The molecule has 0 spiro atoms. The first-order chi connectivity index (χ1) is 14.4. The average Bonchev–Trinajstić information content (AvgIpc) is 3.11. The lowest BCUT2D eigenvalue weighted by Crippen LogP contribution is -2.22. The second kappa shape index (κ2) is 10.2. The molecule has 0 aliphatic heterocycles. The highest BCUT2D eigenvalue weighted by atomic mass is 35.5. The standard InChI is InChI=1S/C21H22Cl2N4O2S/c1-4-27-20(25-26-21(27)30-12-15-7-5-6-8-17(15)22)24-18(28)11-29-16-9-13(2)19(23)14(3)10-16/h5-10H,4,11-12H2,1-3H3,(H,24,25,28). The van der Waals surface area contributed by atoms with Crippen LogP contribution >= 0.6 is 35.0 Å². The molecule has 6 nitrogen and oxygen atoms in total. The van der Waals surface area contributed by atoms with E-state index in [4.69, 9.17) is 27.9 Å². The summed E-state index contributed by atoms with van der Waals surface area (Å²) in [6.45, 7) is 6.24. The molecule has 0 saturated heterocycles. The van der Waals surface area contributed by atoms with Gasteiger partial charge in [0.15, 0.2) is 11.8 Å². The molecule has 0 radical (unpaired) electrons. The first kappa shape index (κ1) is 22.5. The summed E-state index contributed by atoms with van der Waals surface area (Å²) < 4.78 is 7.45. The Labute approximate surface area is 189 Å². The highest BCUT2D eigenvalue weighted by Gasteiger charge is 2.15. The third-order valence-corrected chi connectivity index (χ3v) is 6.36. The highest BCUT2D eigenvalue weighted by molar-refractivity contribution is 7.98. The van der Waals surface area contributed by atoms with Crippen LogP contribution in [0.1, 0.15) is 23.6 Å². The Kier molecular flexibility index (Phi) is 7.64. The number of benzene rings is 2. The predicted molar refractivity (Wildman–Crippen MR) is 122 cm³/mol. The van der Waals surface area contributed by atoms with E-state index in [2.05, 4.69) is 15.5 Å². The van der Waals surface area contributed by atoms with Gasteiger partial charge in [-0.25, -0.2) is 0 Å². The van der Waals surface area contributed by atoms with Crippen LogP contribution in [0.25, 0.3) is 0 Å². The van der Waals surface area contributed by atoms with E-state index in [1.165, 1.54) is 11.8 Å². The lowest BCUT2D eigenvalue weighted by Gasteiger charge is -2.11. The van der Waals surface area contributed by atoms with Crippen LogP contribution < -0.4 is 10.1 Å². The molecule has 158 valence electrons. The van der Waals surface area contributed by atoms with Crippen molar-refractivity contribution in [2.24, 2.45) is 0 Å². The van der Waals surface area contributed by atoms with Crippen molar-refractivity contribution in [3.63, 3.8) is 0 Å². The number of nitrogens with zero attached hydrogens (tertiary/aromatic N) is 3. The normalized spacial score (nSPS) is 10.8. The van der Waals surface area contributed by atoms with Crippen molar-refractivity contribution < 1.29 is 9.53 Å². The number of hydrogen-bond donors (Lipinski definition) is 1. The fourth-order valence-corrected chi connectivity index (χ4v) is 4.23. The number of aromatic nitrogens is 3. The second-order valence-electron chi connectivity index (χ2n) is 6.64. The first-order valence-electron chi connectivity index (χ1n) is 9.37. The molecule has 2 aromatic carbocycles. The van der Waals surface area contributed by atoms with E-state index in [0.717, 1.165) is 16.7 Å². The van der Waals surface area contributed by atoms with E-state index >= 15 is 0 Å². The van der Waals surface area contributed by atoms with Gasteiger partial charge in [0.25, 0.3) is 5.91 Å². The fourth-order valence-electron chi connectivity index (χ4n) is 2.83. The average molecular weight is 465 g/mol. The number of aryl methyl sites for hydroxylation is 2. The van der Waals surface area contributed by atoms with Gasteiger partial charge in [-0.15, -0.1) is 10.2 Å². The number of carbonyl (C=O) groups excluding carboxylic acids is 1. The number of rotatable bonds is 8. The molecule has 1 aromatic heterocycles. The third kappa shape index (κ3) is 5.47. The summed E-state index contributed by atoms with van der Waals surface area (Å²) in [5.74, 6) is 1.32. The minimum atomic E-state index is -0.315. The van der Waals surface area contributed by atoms with Crippen molar-refractivity contribution in [3.05, 3.63) is 63.1 Å². The Morgan fingerprint density at radius 2 is 1.87 bits per heavy atom. The van der Waals surface area contributed by atoms with Crippen molar-refractivity contribution in [1.29, 1.82) is 0 Å². The Bertz CT molecular complexity index is 1030. The molecule has 0 fully saturated rings. The Balaban J connectivity index is 1.61. The Morgan fingerprint density at radius 3 is 2.53 bits per heavy atom. The molecule has 9 heteroatoms. The first-order valence-corrected chi connectivity index (χ1v) is 11.1. The number of hydrogen-bond acceptors (Lipinski definition) is 5. The molecule has 0 saturated carbocycles. The second-order valence-corrected chi connectivity index (χ2v) is 8.37. The van der Waals surface area contributed by atoms with Crippen LogP contribution in [-0.4, -0.2) is 27.3 Å². The van der Waals surface area contributed by atoms with Gasteiger partial charge < -0.3 is 4.74 Å². The minimum absolute atomic E-state index is 0.140. The SMILES string of the molecule is CCn1c(NC(=O)COc2cc(C)c(Cl)c(C)c2)nnc1SCc1ccccc1Cl. The van der Waals surface area contributed by atoms with Crippen LogP contribution in [0.4, 0.5) is 5.95 Å². The number of amides is 1. The van der Waals surface area contributed by atoms with Crippen molar-refractivity contribution in [2.75, 3.05) is 11.9 Å². The number of nitrogens with one attached hydrogen (secondary N) is 1. The van der Waals surface area contributed by atoms with Gasteiger partial charge in [-0.3, -0.25) is 14.7 Å². The van der Waals surface area contributed by atoms with Crippen LogP contribution in [-0.2, 0) is 17.1 Å². The topological polar surface area (TPSA) is 69.0 Å². The number of thioether (sulfide) groups is 1. The van der Waals surface area contributed by atoms with Gasteiger partial charge in [0.2, 0.25) is 5.95 Å². The van der Waals surface area contributed by atoms with E-state index in [1.54, 1.807) is 12.1 Å². The maximum atomic E-state index is 12.4. The van der Waals surface area contributed by atoms with Crippen LogP contribution in [0, 0.1) is 13.8 Å². The van der Waals surface area contributed by atoms with E-state index in [-0.39, 0.29) is 12.5 Å². The van der Waals surface area contributed by atoms with Gasteiger partial charge in [0.1, 0.15) is 5.75 Å². The maximum Gasteiger partial charge on any atom is 0.264 e. The molecule has 0 atom stereocenters. The summed E-state index contributed by atoms with van der Waals surface area (Å²) in [6, 6.07) is 11.3. The Morgan fingerprint density at radius 1 is 1.17 bits per heavy atom. The van der Waals surface area contributed by atoms with Gasteiger partial charge in [-0.05, 0) is 55.7 Å². The van der Waals surface area contributed by atoms with Gasteiger partial charge in [0.05, 0.1) is 0 Å². The van der Waals surface area contributed by atoms with Crippen molar-refractivity contribution in [2.45, 2.75) is 38.2 Å². The summed E-state index contributed by atoms with van der Waals surface area (Å²) in [6.07, 6.45) is 0. The molecule has 30 heavy (non-hydrogen) atoms. The molecule has 1 amide bonds. The molecule has 0 unspecified atom stereocenters. The van der Waals surface area contributed by atoms with Crippen molar-refractivity contribution in [1.82, 2.24) is 14.8 Å². The zero-order valence-electron chi connectivity index (χ0n) is 16.9. The largest absolute Gasteiger partial charge is 0.484 e. The summed E-state index contributed by atoms with van der Waals surface area (Å²) in [7, 11) is 0. The molecule has 0 bridgehead atoms. The summed E-state index contributed by atoms with van der Waals surface area (Å²) in [5.41, 5.74) is 2.82. The predicted octanol–water partition coefficient (Wildman–Crippen LogP) is 5.53. The fraction of sp³-hybridized carbons (Fsp3) is 0.286. The van der Waals surface area contributed by atoms with Gasteiger partial charge in [-0.2, -0.15) is 0 Å². The molecule has 0 aliphatic carbocycles. The van der Waals surface area contributed by atoms with Gasteiger partial charge in [0, 0.05) is 22.3 Å². The lowest BCUT2D eigenvalue weighted by molar-refractivity contribution is -0.118. The number of anilines is 1. The summed E-state index contributed by atoms with van der Waals surface area (Å²) >= 11 is 13.9. The van der Waals surface area contributed by atoms with Gasteiger partial charge >= 0.3 is 0 Å². The number of halogens is 2. The molecular weight excluding hydrogens is 443 g/mol. The third-order valence-electron chi connectivity index (χ3n) is 4.38. The van der Waals surface area contributed by atoms with E-state index in [0.29, 0.717) is 39.2 Å². The zero-order chi connectivity index (χ0) is 21.7. The zero-order valence-corrected chi connectivity index (χ0v) is 19.2. The quantitative estimate of drug-likeness (QED) is 0.443. The summed E-state index contributed by atoms with van der Waals surface area (Å²) in [4.78, 5) is 12.4. The van der Waals surface area contributed by atoms with E-state index in [1.807, 2.05) is 49.6 Å². The van der Waals surface area contributed by atoms with E-state index in [9.17, 15) is 4.79 Å². The van der Waals surface area contributed by atoms with Crippen molar-refractivity contribution in [3.8, 4) is 5.75 Å². The number of carbonyl (C=O) groups is 1. The molecule has 3 aromatic rings. The van der Waals surface area contributed by atoms with E-state index < -0.39 is 0 Å². The van der Waals surface area contributed by atoms with Gasteiger partial charge in [-0.1, -0.05) is 53.2 Å². The molecular formula is C21H22Cl2N4O2S. The van der Waals surface area contributed by atoms with Crippen molar-refractivity contribution >= 4 is 46.8 Å². The smallest absolute Gasteiger partial charge is 0.264 e. The summed E-state index contributed by atoms with van der Waals surface area (Å²) in [5, 5.41) is 13.2. The molecule has 1 N–H and O–H groups in total. The minimum Gasteiger partial charge on any atom is -0.484 e. The maximum absolute atomic E-state index is 12.4. The van der Waals surface area contributed by atoms with Crippen LogP contribution in [0.2, 0.25) is 10.0 Å². The lowest BCUT2D eigenvalue weighted by atomic mass is 10.1. The molecule has 0 aliphatic rings. The van der Waals surface area contributed by atoms with Crippen LogP contribution in [0.15, 0.2) is 41.6 Å². The van der Waals surface area contributed by atoms with Crippen LogP contribution in [0.3, 0.4) is 0 Å². The Hall–Kier alpha value is -2.22. The molecule has 3 rings (SSSR count). The molecule has 1 heterocycles.